The lowest BCUT2D eigenvalue weighted by Crippen LogP contribution is -2.37. The van der Waals surface area contributed by atoms with Crippen molar-refractivity contribution in [2.45, 2.75) is 51.4 Å². The van der Waals surface area contributed by atoms with E-state index < -0.39 is 11.4 Å². The molecule has 2 fully saturated rings. The van der Waals surface area contributed by atoms with Gasteiger partial charge in [0.15, 0.2) is 0 Å². The highest BCUT2D eigenvalue weighted by Crippen LogP contribution is 2.40. The number of hydrogen-bond acceptors (Lipinski definition) is 3. The monoisotopic (exact) mass is 358 g/mol. The molecule has 0 aromatic heterocycles. The van der Waals surface area contributed by atoms with Crippen molar-refractivity contribution in [1.82, 2.24) is 4.90 Å². The molecule has 0 bridgehead atoms. The van der Waals surface area contributed by atoms with Gasteiger partial charge in [-0.3, -0.25) is 14.4 Å². The molecule has 1 aliphatic heterocycles. The summed E-state index contributed by atoms with van der Waals surface area (Å²) >= 11 is 0. The molecule has 3 rings (SSSR count). The number of carbonyl (C=O) groups excluding carboxylic acids is 2. The average molecular weight is 358 g/mol. The van der Waals surface area contributed by atoms with Crippen LogP contribution in [0.1, 0.15) is 61.7 Å². The second kappa shape index (κ2) is 7.89. The van der Waals surface area contributed by atoms with Gasteiger partial charge in [0, 0.05) is 19.5 Å². The van der Waals surface area contributed by atoms with Gasteiger partial charge in [0.2, 0.25) is 5.91 Å². The molecule has 0 atom stereocenters. The van der Waals surface area contributed by atoms with Gasteiger partial charge in [0.1, 0.15) is 0 Å². The summed E-state index contributed by atoms with van der Waals surface area (Å²) in [6.07, 6.45) is 5.71. The van der Waals surface area contributed by atoms with Gasteiger partial charge in [-0.25, -0.2) is 0 Å². The van der Waals surface area contributed by atoms with E-state index >= 15 is 0 Å². The third-order valence-corrected chi connectivity index (χ3v) is 5.59. The summed E-state index contributed by atoms with van der Waals surface area (Å²) in [7, 11) is 0. The molecule has 1 aliphatic carbocycles. The second-order valence-corrected chi connectivity index (χ2v) is 7.42. The Balaban J connectivity index is 1.73. The van der Waals surface area contributed by atoms with Crippen LogP contribution < -0.4 is 5.32 Å². The van der Waals surface area contributed by atoms with Crippen LogP contribution >= 0.6 is 0 Å². The molecule has 2 N–H and O–H groups in total. The van der Waals surface area contributed by atoms with E-state index in [9.17, 15) is 19.5 Å². The van der Waals surface area contributed by atoms with Gasteiger partial charge >= 0.3 is 5.97 Å². The van der Waals surface area contributed by atoms with Crippen molar-refractivity contribution in [1.29, 1.82) is 0 Å². The summed E-state index contributed by atoms with van der Waals surface area (Å²) < 4.78 is 0. The molecule has 2 amide bonds. The van der Waals surface area contributed by atoms with Crippen LogP contribution in [0.5, 0.6) is 0 Å². The van der Waals surface area contributed by atoms with E-state index in [0.717, 1.165) is 45.2 Å². The first-order valence-corrected chi connectivity index (χ1v) is 9.43. The van der Waals surface area contributed by atoms with Crippen LogP contribution in [-0.4, -0.2) is 40.9 Å². The lowest BCUT2D eigenvalue weighted by molar-refractivity contribution is -0.153. The van der Waals surface area contributed by atoms with Crippen molar-refractivity contribution in [3.05, 3.63) is 29.8 Å². The predicted molar refractivity (Wildman–Crippen MR) is 98.0 cm³/mol. The van der Waals surface area contributed by atoms with Gasteiger partial charge in [0.25, 0.3) is 5.91 Å². The third kappa shape index (κ3) is 3.89. The fourth-order valence-corrected chi connectivity index (χ4v) is 4.07. The zero-order valence-electron chi connectivity index (χ0n) is 15.0. The number of para-hydroxylation sites is 1. The molecule has 0 spiro atoms. The van der Waals surface area contributed by atoms with E-state index in [4.69, 9.17) is 0 Å². The fourth-order valence-electron chi connectivity index (χ4n) is 4.07. The molecule has 1 heterocycles. The van der Waals surface area contributed by atoms with Crippen LogP contribution in [0, 0.1) is 5.41 Å². The van der Waals surface area contributed by atoms with E-state index in [1.807, 2.05) is 0 Å². The maximum Gasteiger partial charge on any atom is 0.310 e. The van der Waals surface area contributed by atoms with Crippen molar-refractivity contribution in [2.75, 3.05) is 18.4 Å². The van der Waals surface area contributed by atoms with Gasteiger partial charge in [-0.05, 0) is 37.8 Å². The Kier molecular flexibility index (Phi) is 5.59. The van der Waals surface area contributed by atoms with Crippen LogP contribution in [0.15, 0.2) is 24.3 Å². The number of carboxylic acids is 1. The van der Waals surface area contributed by atoms with E-state index in [0.29, 0.717) is 24.1 Å². The average Bonchev–Trinajstić information content (AvgIpc) is 3.17. The molecule has 0 radical (unpaired) electrons. The minimum atomic E-state index is -0.976. The topological polar surface area (TPSA) is 86.7 Å². The zero-order valence-corrected chi connectivity index (χ0v) is 15.0. The minimum Gasteiger partial charge on any atom is -0.481 e. The van der Waals surface area contributed by atoms with Crippen LogP contribution in [0.4, 0.5) is 5.69 Å². The number of likely N-dealkylation sites (tertiary alicyclic amines) is 1. The molecule has 1 aromatic carbocycles. The smallest absolute Gasteiger partial charge is 0.310 e. The highest BCUT2D eigenvalue weighted by molar-refractivity contribution is 6.04. The second-order valence-electron chi connectivity index (χ2n) is 7.42. The number of nitrogens with zero attached hydrogens (tertiary/aromatic N) is 1. The summed E-state index contributed by atoms with van der Waals surface area (Å²) in [5.41, 5.74) is -0.0440. The zero-order chi connectivity index (χ0) is 18.6. The molecular formula is C20H26N2O4. The quantitative estimate of drug-likeness (QED) is 0.846. The number of carbonyl (C=O) groups is 3. The lowest BCUT2D eigenvalue weighted by Gasteiger charge is -2.32. The van der Waals surface area contributed by atoms with E-state index in [2.05, 4.69) is 5.32 Å². The summed E-state index contributed by atoms with van der Waals surface area (Å²) in [4.78, 5) is 38.8. The van der Waals surface area contributed by atoms with Gasteiger partial charge in [-0.15, -0.1) is 0 Å². The molecule has 140 valence electrons. The Morgan fingerprint density at radius 3 is 2.31 bits per heavy atom. The molecular weight excluding hydrogens is 332 g/mol. The SMILES string of the molecule is O=C(CC1(C(=O)O)CCCCC1)Nc1ccccc1C(=O)N1CCCC1. The number of hydrogen-bond donors (Lipinski definition) is 2. The highest BCUT2D eigenvalue weighted by atomic mass is 16.4. The Morgan fingerprint density at radius 1 is 1.00 bits per heavy atom. The molecule has 0 unspecified atom stereocenters. The molecule has 1 saturated heterocycles. The summed E-state index contributed by atoms with van der Waals surface area (Å²) in [6, 6.07) is 6.96. The van der Waals surface area contributed by atoms with Crippen molar-refractivity contribution in [3.8, 4) is 0 Å². The maximum absolute atomic E-state index is 12.7. The molecule has 2 aliphatic rings. The summed E-state index contributed by atoms with van der Waals surface area (Å²) in [5.74, 6) is -1.31. The molecule has 1 aromatic rings. The number of aliphatic carboxylic acids is 1. The third-order valence-electron chi connectivity index (χ3n) is 5.59. The van der Waals surface area contributed by atoms with E-state index in [1.165, 1.54) is 0 Å². The first kappa shape index (κ1) is 18.4. The van der Waals surface area contributed by atoms with Crippen LogP contribution in [0.3, 0.4) is 0 Å². The standard InChI is InChI=1S/C20H26N2O4/c23-17(14-20(19(25)26)10-4-1-5-11-20)21-16-9-3-2-8-15(16)18(24)22-12-6-7-13-22/h2-3,8-9H,1,4-7,10-14H2,(H,21,23)(H,25,26). The van der Waals surface area contributed by atoms with Crippen molar-refractivity contribution in [2.24, 2.45) is 5.41 Å². The Hall–Kier alpha value is -2.37. The molecule has 6 nitrogen and oxygen atoms in total. The Labute approximate surface area is 153 Å². The van der Waals surface area contributed by atoms with Crippen LogP contribution in [0.2, 0.25) is 0 Å². The largest absolute Gasteiger partial charge is 0.481 e. The van der Waals surface area contributed by atoms with E-state index in [-0.39, 0.29) is 18.2 Å². The first-order valence-electron chi connectivity index (χ1n) is 9.43. The fraction of sp³-hybridized carbons (Fsp3) is 0.550. The predicted octanol–water partition coefficient (Wildman–Crippen LogP) is 3.29. The number of carboxylic acid groups (broad SMARTS) is 1. The van der Waals surface area contributed by atoms with Crippen molar-refractivity contribution < 1.29 is 19.5 Å². The number of amides is 2. The van der Waals surface area contributed by atoms with Crippen LogP contribution in [0.25, 0.3) is 0 Å². The summed E-state index contributed by atoms with van der Waals surface area (Å²) in [6.45, 7) is 1.48. The van der Waals surface area contributed by atoms with Crippen LogP contribution in [-0.2, 0) is 9.59 Å². The Bertz CT molecular complexity index is 689. The Morgan fingerprint density at radius 2 is 1.65 bits per heavy atom. The number of benzene rings is 1. The van der Waals surface area contributed by atoms with E-state index in [1.54, 1.807) is 29.2 Å². The summed E-state index contributed by atoms with van der Waals surface area (Å²) in [5, 5.41) is 12.4. The molecule has 26 heavy (non-hydrogen) atoms. The highest BCUT2D eigenvalue weighted by Gasteiger charge is 2.41. The number of nitrogens with one attached hydrogen (secondary N) is 1. The van der Waals surface area contributed by atoms with Crippen molar-refractivity contribution >= 4 is 23.5 Å². The molecule has 1 saturated carbocycles. The number of rotatable bonds is 5. The maximum atomic E-state index is 12.7. The van der Waals surface area contributed by atoms with Gasteiger partial charge < -0.3 is 15.3 Å². The van der Waals surface area contributed by atoms with Crippen molar-refractivity contribution in [3.63, 3.8) is 0 Å². The first-order chi connectivity index (χ1) is 12.5. The number of anilines is 1. The van der Waals surface area contributed by atoms with Gasteiger partial charge in [-0.2, -0.15) is 0 Å². The normalized spacial score (nSPS) is 19.2. The van der Waals surface area contributed by atoms with Gasteiger partial charge in [0.05, 0.1) is 16.7 Å². The van der Waals surface area contributed by atoms with Gasteiger partial charge in [-0.1, -0.05) is 31.4 Å². The minimum absolute atomic E-state index is 0.0471. The molecule has 6 heteroatoms. The lowest BCUT2D eigenvalue weighted by atomic mass is 9.71.